The lowest BCUT2D eigenvalue weighted by molar-refractivity contribution is 0.0684. The number of rotatable bonds is 11. The molecule has 1 aromatic rings. The Morgan fingerprint density at radius 2 is 2.05 bits per heavy atom. The second kappa shape index (κ2) is 9.91. The summed E-state index contributed by atoms with van der Waals surface area (Å²) in [5.74, 6) is 0.600. The highest BCUT2D eigenvalue weighted by molar-refractivity contribution is 5.04. The summed E-state index contributed by atoms with van der Waals surface area (Å²) >= 11 is 0. The summed E-state index contributed by atoms with van der Waals surface area (Å²) in [6, 6.07) is 0.0791. The number of ether oxygens (including phenoxy) is 2. The van der Waals surface area contributed by atoms with Gasteiger partial charge in [-0.25, -0.2) is 4.98 Å². The molecular weight excluding hydrogens is 254 g/mol. The number of nitrogens with two attached hydrogens (primary N) is 1. The molecule has 0 amide bonds. The summed E-state index contributed by atoms with van der Waals surface area (Å²) in [5.41, 5.74) is 7.37. The molecule has 2 N–H and O–H groups in total. The average Bonchev–Trinajstić information content (AvgIpc) is 2.85. The fourth-order valence-electron chi connectivity index (χ4n) is 2.19. The van der Waals surface area contributed by atoms with Crippen LogP contribution in [0.4, 0.5) is 0 Å². The Labute approximate surface area is 122 Å². The maximum absolute atomic E-state index is 6.23. The molecule has 0 aliphatic heterocycles. The summed E-state index contributed by atoms with van der Waals surface area (Å²) < 4.78 is 12.5. The zero-order valence-electron chi connectivity index (χ0n) is 13.0. The van der Waals surface area contributed by atoms with Crippen LogP contribution in [-0.4, -0.2) is 36.5 Å². The SMILES string of the molecule is COCCOCCCCn1cncc1C(N)CC(C)C. The minimum absolute atomic E-state index is 0.0791. The van der Waals surface area contributed by atoms with E-state index in [9.17, 15) is 0 Å². The molecule has 0 saturated carbocycles. The molecule has 20 heavy (non-hydrogen) atoms. The number of nitrogens with zero attached hydrogens (tertiary/aromatic N) is 2. The van der Waals surface area contributed by atoms with Crippen molar-refractivity contribution < 1.29 is 9.47 Å². The fourth-order valence-corrected chi connectivity index (χ4v) is 2.19. The zero-order chi connectivity index (χ0) is 14.8. The van der Waals surface area contributed by atoms with Crippen molar-refractivity contribution in [2.45, 2.75) is 45.7 Å². The Morgan fingerprint density at radius 3 is 2.75 bits per heavy atom. The molecule has 0 radical (unpaired) electrons. The molecular formula is C15H29N3O2. The monoisotopic (exact) mass is 283 g/mol. The minimum atomic E-state index is 0.0791. The number of imidazole rings is 1. The molecule has 1 atom stereocenters. The van der Waals surface area contributed by atoms with Crippen molar-refractivity contribution in [1.29, 1.82) is 0 Å². The van der Waals surface area contributed by atoms with E-state index in [-0.39, 0.29) is 6.04 Å². The van der Waals surface area contributed by atoms with E-state index in [0.29, 0.717) is 19.1 Å². The van der Waals surface area contributed by atoms with Gasteiger partial charge in [0, 0.05) is 32.5 Å². The topological polar surface area (TPSA) is 62.3 Å². The molecule has 1 rings (SSSR count). The van der Waals surface area contributed by atoms with Crippen molar-refractivity contribution in [1.82, 2.24) is 9.55 Å². The van der Waals surface area contributed by atoms with Gasteiger partial charge in [-0.1, -0.05) is 13.8 Å². The Morgan fingerprint density at radius 1 is 1.25 bits per heavy atom. The summed E-state index contributed by atoms with van der Waals surface area (Å²) in [5, 5.41) is 0. The lowest BCUT2D eigenvalue weighted by Gasteiger charge is -2.16. The largest absolute Gasteiger partial charge is 0.382 e. The highest BCUT2D eigenvalue weighted by atomic mass is 16.5. The number of methoxy groups -OCH3 is 1. The Balaban J connectivity index is 2.25. The van der Waals surface area contributed by atoms with Gasteiger partial charge in [-0.3, -0.25) is 0 Å². The smallest absolute Gasteiger partial charge is 0.0948 e. The van der Waals surface area contributed by atoms with Crippen LogP contribution in [-0.2, 0) is 16.0 Å². The van der Waals surface area contributed by atoms with E-state index in [4.69, 9.17) is 15.2 Å². The van der Waals surface area contributed by atoms with Crippen LogP contribution in [0.5, 0.6) is 0 Å². The predicted octanol–water partition coefficient (Wildman–Crippen LogP) is 2.37. The zero-order valence-corrected chi connectivity index (χ0v) is 13.0. The van der Waals surface area contributed by atoms with Crippen LogP contribution in [0, 0.1) is 5.92 Å². The highest BCUT2D eigenvalue weighted by Gasteiger charge is 2.12. The van der Waals surface area contributed by atoms with Crippen molar-refractivity contribution in [2.24, 2.45) is 11.7 Å². The molecule has 0 spiro atoms. The van der Waals surface area contributed by atoms with Crippen molar-refractivity contribution in [3.8, 4) is 0 Å². The number of aryl methyl sites for hydroxylation is 1. The molecule has 5 nitrogen and oxygen atoms in total. The Bertz CT molecular complexity index is 353. The van der Waals surface area contributed by atoms with Gasteiger partial charge in [0.2, 0.25) is 0 Å². The summed E-state index contributed by atoms with van der Waals surface area (Å²) in [4.78, 5) is 4.23. The molecule has 116 valence electrons. The van der Waals surface area contributed by atoms with E-state index in [1.807, 2.05) is 12.5 Å². The minimum Gasteiger partial charge on any atom is -0.382 e. The van der Waals surface area contributed by atoms with Gasteiger partial charge in [0.15, 0.2) is 0 Å². The molecule has 0 aliphatic rings. The van der Waals surface area contributed by atoms with Crippen LogP contribution < -0.4 is 5.73 Å². The lowest BCUT2D eigenvalue weighted by atomic mass is 10.0. The summed E-state index contributed by atoms with van der Waals surface area (Å²) in [7, 11) is 1.68. The first kappa shape index (κ1) is 17.1. The number of aromatic nitrogens is 2. The average molecular weight is 283 g/mol. The van der Waals surface area contributed by atoms with Crippen molar-refractivity contribution in [3.05, 3.63) is 18.2 Å². The molecule has 0 aromatic carbocycles. The highest BCUT2D eigenvalue weighted by Crippen LogP contribution is 2.18. The first-order chi connectivity index (χ1) is 9.65. The van der Waals surface area contributed by atoms with E-state index < -0.39 is 0 Å². The molecule has 5 heteroatoms. The van der Waals surface area contributed by atoms with Crippen molar-refractivity contribution in [3.63, 3.8) is 0 Å². The number of hydrogen-bond donors (Lipinski definition) is 1. The molecule has 1 aromatic heterocycles. The third-order valence-corrected chi connectivity index (χ3v) is 3.22. The van der Waals surface area contributed by atoms with Gasteiger partial charge in [0.05, 0.1) is 25.2 Å². The van der Waals surface area contributed by atoms with Crippen molar-refractivity contribution >= 4 is 0 Å². The van der Waals surface area contributed by atoms with Crippen LogP contribution in [0.1, 0.15) is 44.8 Å². The third-order valence-electron chi connectivity index (χ3n) is 3.22. The molecule has 0 aliphatic carbocycles. The van der Waals surface area contributed by atoms with Crippen LogP contribution >= 0.6 is 0 Å². The molecule has 1 heterocycles. The van der Waals surface area contributed by atoms with Gasteiger partial charge < -0.3 is 19.8 Å². The molecule has 0 saturated heterocycles. The fraction of sp³-hybridized carbons (Fsp3) is 0.800. The summed E-state index contributed by atoms with van der Waals surface area (Å²) in [6.45, 7) is 7.46. The third kappa shape index (κ3) is 6.50. The van der Waals surface area contributed by atoms with E-state index in [1.54, 1.807) is 7.11 Å². The molecule has 0 fully saturated rings. The van der Waals surface area contributed by atoms with E-state index in [0.717, 1.165) is 38.1 Å². The van der Waals surface area contributed by atoms with Gasteiger partial charge >= 0.3 is 0 Å². The molecule has 0 bridgehead atoms. The maximum Gasteiger partial charge on any atom is 0.0948 e. The van der Waals surface area contributed by atoms with Gasteiger partial charge in [-0.15, -0.1) is 0 Å². The normalized spacial score (nSPS) is 13.1. The number of hydrogen-bond acceptors (Lipinski definition) is 4. The first-order valence-corrected chi connectivity index (χ1v) is 7.47. The van der Waals surface area contributed by atoms with Gasteiger partial charge in [0.25, 0.3) is 0 Å². The van der Waals surface area contributed by atoms with Crippen LogP contribution in [0.2, 0.25) is 0 Å². The number of unbranched alkanes of at least 4 members (excludes halogenated alkanes) is 1. The summed E-state index contributed by atoms with van der Waals surface area (Å²) in [6.07, 6.45) is 6.88. The first-order valence-electron chi connectivity index (χ1n) is 7.47. The van der Waals surface area contributed by atoms with Gasteiger partial charge in [-0.2, -0.15) is 0 Å². The standard InChI is InChI=1S/C15H29N3O2/c1-13(2)10-14(16)15-11-17-12-18(15)6-4-5-7-20-9-8-19-3/h11-14H,4-10,16H2,1-3H3. The lowest BCUT2D eigenvalue weighted by Crippen LogP contribution is -2.17. The van der Waals surface area contributed by atoms with Crippen LogP contribution in [0.15, 0.2) is 12.5 Å². The quantitative estimate of drug-likeness (QED) is 0.633. The van der Waals surface area contributed by atoms with E-state index in [1.165, 1.54) is 0 Å². The van der Waals surface area contributed by atoms with Gasteiger partial charge in [-0.05, 0) is 25.2 Å². The van der Waals surface area contributed by atoms with E-state index in [2.05, 4.69) is 23.4 Å². The second-order valence-corrected chi connectivity index (χ2v) is 5.56. The van der Waals surface area contributed by atoms with Crippen LogP contribution in [0.25, 0.3) is 0 Å². The van der Waals surface area contributed by atoms with E-state index >= 15 is 0 Å². The second-order valence-electron chi connectivity index (χ2n) is 5.56. The molecule has 1 unspecified atom stereocenters. The predicted molar refractivity (Wildman–Crippen MR) is 80.5 cm³/mol. The maximum atomic E-state index is 6.23. The van der Waals surface area contributed by atoms with Crippen LogP contribution in [0.3, 0.4) is 0 Å². The van der Waals surface area contributed by atoms with Gasteiger partial charge in [0.1, 0.15) is 0 Å². The Hall–Kier alpha value is -0.910. The van der Waals surface area contributed by atoms with Crippen molar-refractivity contribution in [2.75, 3.05) is 26.9 Å². The Kier molecular flexibility index (Phi) is 8.49.